The minimum atomic E-state index is -0.182. The molecule has 0 aromatic carbocycles. The second-order valence-electron chi connectivity index (χ2n) is 3.55. The molecule has 13 heavy (non-hydrogen) atoms. The molecular formula is C10H20O3. The molecule has 0 saturated carbocycles. The molecule has 1 atom stereocenters. The second-order valence-corrected chi connectivity index (χ2v) is 3.55. The van der Waals surface area contributed by atoms with Crippen LogP contribution in [0.3, 0.4) is 0 Å². The van der Waals surface area contributed by atoms with Crippen LogP contribution in [0.25, 0.3) is 0 Å². The van der Waals surface area contributed by atoms with Gasteiger partial charge in [0.2, 0.25) is 0 Å². The molecule has 3 nitrogen and oxygen atoms in total. The van der Waals surface area contributed by atoms with Crippen molar-refractivity contribution in [3.8, 4) is 0 Å². The van der Waals surface area contributed by atoms with Crippen molar-refractivity contribution in [2.75, 3.05) is 13.2 Å². The van der Waals surface area contributed by atoms with Gasteiger partial charge in [0, 0.05) is 6.61 Å². The van der Waals surface area contributed by atoms with Gasteiger partial charge in [-0.05, 0) is 19.8 Å². The predicted octanol–water partition coefficient (Wildman–Crippen LogP) is 2.00. The lowest BCUT2D eigenvalue weighted by atomic mass is 10.2. The molecule has 0 amide bonds. The summed E-state index contributed by atoms with van der Waals surface area (Å²) >= 11 is 0. The fourth-order valence-corrected chi connectivity index (χ4v) is 0.870. The Balaban J connectivity index is 3.49. The maximum atomic E-state index is 11.0. The van der Waals surface area contributed by atoms with E-state index in [1.54, 1.807) is 6.92 Å². The van der Waals surface area contributed by atoms with Gasteiger partial charge in [0.1, 0.15) is 0 Å². The third-order valence-corrected chi connectivity index (χ3v) is 1.47. The summed E-state index contributed by atoms with van der Waals surface area (Å²) in [7, 11) is 0. The van der Waals surface area contributed by atoms with E-state index in [0.29, 0.717) is 25.6 Å². The smallest absolute Gasteiger partial charge is 0.308 e. The molecule has 0 heterocycles. The highest BCUT2D eigenvalue weighted by molar-refractivity contribution is 5.69. The molecule has 0 aliphatic rings. The van der Waals surface area contributed by atoms with Crippen LogP contribution in [0.2, 0.25) is 0 Å². The molecule has 0 bridgehead atoms. The Morgan fingerprint density at radius 3 is 2.38 bits per heavy atom. The Bertz CT molecular complexity index is 143. The van der Waals surface area contributed by atoms with Gasteiger partial charge in [0.25, 0.3) is 0 Å². The summed E-state index contributed by atoms with van der Waals surface area (Å²) in [5.41, 5.74) is 0. The number of esters is 1. The SMILES string of the molecule is CCOC(=O)CC(C)OCC(C)C. The molecule has 78 valence electrons. The highest BCUT2D eigenvalue weighted by atomic mass is 16.5. The van der Waals surface area contributed by atoms with Crippen LogP contribution >= 0.6 is 0 Å². The van der Waals surface area contributed by atoms with E-state index in [0.717, 1.165) is 0 Å². The molecule has 0 radical (unpaired) electrons. The zero-order chi connectivity index (χ0) is 10.3. The summed E-state index contributed by atoms with van der Waals surface area (Å²) in [6, 6.07) is 0. The predicted molar refractivity (Wildman–Crippen MR) is 51.5 cm³/mol. The quantitative estimate of drug-likeness (QED) is 0.598. The number of hydrogen-bond acceptors (Lipinski definition) is 3. The normalized spacial score (nSPS) is 13.0. The van der Waals surface area contributed by atoms with Crippen molar-refractivity contribution in [1.29, 1.82) is 0 Å². The van der Waals surface area contributed by atoms with Gasteiger partial charge in [-0.1, -0.05) is 13.8 Å². The highest BCUT2D eigenvalue weighted by Crippen LogP contribution is 2.02. The molecule has 0 saturated heterocycles. The first-order valence-electron chi connectivity index (χ1n) is 4.83. The van der Waals surface area contributed by atoms with Crippen molar-refractivity contribution in [1.82, 2.24) is 0 Å². The molecule has 1 unspecified atom stereocenters. The van der Waals surface area contributed by atoms with E-state index in [-0.39, 0.29) is 12.1 Å². The average molecular weight is 188 g/mol. The zero-order valence-corrected chi connectivity index (χ0v) is 9.00. The van der Waals surface area contributed by atoms with E-state index in [4.69, 9.17) is 9.47 Å². The van der Waals surface area contributed by atoms with Crippen LogP contribution in [0.5, 0.6) is 0 Å². The van der Waals surface area contributed by atoms with E-state index in [1.807, 2.05) is 6.92 Å². The minimum Gasteiger partial charge on any atom is -0.466 e. The van der Waals surface area contributed by atoms with Crippen molar-refractivity contribution in [3.63, 3.8) is 0 Å². The largest absolute Gasteiger partial charge is 0.466 e. The topological polar surface area (TPSA) is 35.5 Å². The first kappa shape index (κ1) is 12.4. The van der Waals surface area contributed by atoms with Crippen LogP contribution < -0.4 is 0 Å². The van der Waals surface area contributed by atoms with Gasteiger partial charge in [-0.2, -0.15) is 0 Å². The molecule has 0 aromatic heterocycles. The van der Waals surface area contributed by atoms with Crippen LogP contribution in [-0.2, 0) is 14.3 Å². The summed E-state index contributed by atoms with van der Waals surface area (Å²) in [5.74, 6) is 0.323. The number of carbonyl (C=O) groups is 1. The maximum Gasteiger partial charge on any atom is 0.308 e. The van der Waals surface area contributed by atoms with E-state index in [2.05, 4.69) is 13.8 Å². The Labute approximate surface area is 80.4 Å². The monoisotopic (exact) mass is 188 g/mol. The van der Waals surface area contributed by atoms with Crippen molar-refractivity contribution in [3.05, 3.63) is 0 Å². The molecule has 0 rings (SSSR count). The maximum absolute atomic E-state index is 11.0. The Hall–Kier alpha value is -0.570. The minimum absolute atomic E-state index is 0.0403. The molecule has 0 N–H and O–H groups in total. The van der Waals surface area contributed by atoms with Crippen molar-refractivity contribution in [2.24, 2.45) is 5.92 Å². The second kappa shape index (κ2) is 6.89. The molecule has 0 aliphatic heterocycles. The van der Waals surface area contributed by atoms with Crippen LogP contribution in [0.15, 0.2) is 0 Å². The molecular weight excluding hydrogens is 168 g/mol. The fraction of sp³-hybridized carbons (Fsp3) is 0.900. The highest BCUT2D eigenvalue weighted by Gasteiger charge is 2.10. The lowest BCUT2D eigenvalue weighted by Crippen LogP contribution is -2.18. The summed E-state index contributed by atoms with van der Waals surface area (Å²) in [6.45, 7) is 8.99. The summed E-state index contributed by atoms with van der Waals surface area (Å²) in [4.78, 5) is 11.0. The third kappa shape index (κ3) is 7.78. The summed E-state index contributed by atoms with van der Waals surface area (Å²) < 4.78 is 10.2. The van der Waals surface area contributed by atoms with Gasteiger partial charge in [-0.15, -0.1) is 0 Å². The fourth-order valence-electron chi connectivity index (χ4n) is 0.870. The average Bonchev–Trinajstić information content (AvgIpc) is 2.01. The van der Waals surface area contributed by atoms with Gasteiger partial charge < -0.3 is 9.47 Å². The standard InChI is InChI=1S/C10H20O3/c1-5-12-10(11)6-9(4)13-7-8(2)3/h8-9H,5-7H2,1-4H3. The van der Waals surface area contributed by atoms with Crippen LogP contribution in [0.1, 0.15) is 34.1 Å². The van der Waals surface area contributed by atoms with Crippen LogP contribution in [0, 0.1) is 5.92 Å². The number of carbonyl (C=O) groups excluding carboxylic acids is 1. The van der Waals surface area contributed by atoms with Crippen LogP contribution in [-0.4, -0.2) is 25.3 Å². The van der Waals surface area contributed by atoms with Gasteiger partial charge >= 0.3 is 5.97 Å². The van der Waals surface area contributed by atoms with E-state index in [9.17, 15) is 4.79 Å². The first-order valence-corrected chi connectivity index (χ1v) is 4.83. The molecule has 0 aromatic rings. The summed E-state index contributed by atoms with van der Waals surface area (Å²) in [6.07, 6.45) is 0.307. The van der Waals surface area contributed by atoms with Crippen molar-refractivity contribution < 1.29 is 14.3 Å². The first-order chi connectivity index (χ1) is 6.06. The Morgan fingerprint density at radius 1 is 1.31 bits per heavy atom. The van der Waals surface area contributed by atoms with Gasteiger partial charge in [-0.3, -0.25) is 4.79 Å². The lowest BCUT2D eigenvalue weighted by Gasteiger charge is -2.13. The Kier molecular flexibility index (Phi) is 6.59. The van der Waals surface area contributed by atoms with Crippen molar-refractivity contribution >= 4 is 5.97 Å². The number of rotatable bonds is 6. The number of ether oxygens (including phenoxy) is 2. The van der Waals surface area contributed by atoms with E-state index >= 15 is 0 Å². The molecule has 3 heteroatoms. The van der Waals surface area contributed by atoms with Gasteiger partial charge in [-0.25, -0.2) is 0 Å². The van der Waals surface area contributed by atoms with Gasteiger partial charge in [0.15, 0.2) is 0 Å². The molecule has 0 aliphatic carbocycles. The molecule has 0 fully saturated rings. The summed E-state index contributed by atoms with van der Waals surface area (Å²) in [5, 5.41) is 0. The Morgan fingerprint density at radius 2 is 1.92 bits per heavy atom. The molecule has 0 spiro atoms. The van der Waals surface area contributed by atoms with Crippen molar-refractivity contribution in [2.45, 2.75) is 40.2 Å². The van der Waals surface area contributed by atoms with E-state index in [1.165, 1.54) is 0 Å². The van der Waals surface area contributed by atoms with E-state index < -0.39 is 0 Å². The number of hydrogen-bond donors (Lipinski definition) is 0. The third-order valence-electron chi connectivity index (χ3n) is 1.47. The lowest BCUT2D eigenvalue weighted by molar-refractivity contribution is -0.146. The van der Waals surface area contributed by atoms with Crippen LogP contribution in [0.4, 0.5) is 0 Å². The zero-order valence-electron chi connectivity index (χ0n) is 9.00. The van der Waals surface area contributed by atoms with Gasteiger partial charge in [0.05, 0.1) is 19.1 Å².